The van der Waals surface area contributed by atoms with Gasteiger partial charge in [0.25, 0.3) is 5.56 Å². The van der Waals surface area contributed by atoms with Crippen LogP contribution in [-0.4, -0.2) is 11.2 Å². The summed E-state index contributed by atoms with van der Waals surface area (Å²) >= 11 is 4.92. The summed E-state index contributed by atoms with van der Waals surface area (Å²) in [7, 11) is 0. The lowest BCUT2D eigenvalue weighted by Crippen LogP contribution is -2.38. The van der Waals surface area contributed by atoms with Gasteiger partial charge in [-0.25, -0.2) is 9.38 Å². The fraction of sp³-hybridized carbons (Fsp3) is 0.172. The third kappa shape index (κ3) is 3.96. The first-order valence-electron chi connectivity index (χ1n) is 11.8. The van der Waals surface area contributed by atoms with E-state index in [1.54, 1.807) is 10.6 Å². The molecule has 7 heteroatoms. The lowest BCUT2D eigenvalue weighted by molar-refractivity contribution is 0.338. The highest BCUT2D eigenvalue weighted by atomic mass is 79.9. The molecule has 0 fully saturated rings. The van der Waals surface area contributed by atoms with Crippen molar-refractivity contribution in [2.75, 3.05) is 6.61 Å². The van der Waals surface area contributed by atoms with Crippen LogP contribution in [0.2, 0.25) is 0 Å². The number of fused-ring (bicyclic) bond motifs is 3. The van der Waals surface area contributed by atoms with Gasteiger partial charge in [-0.2, -0.15) is 0 Å². The molecule has 4 aromatic rings. The minimum atomic E-state index is -0.394. The Labute approximate surface area is 219 Å². The molecule has 2 heterocycles. The SMILES string of the molecule is CCOc1ccc(C=c2sc3n(c2=O)C(c2cccc(F)c2)C2=C(N=3)c3ccccc3CC2)cc1Br. The summed E-state index contributed by atoms with van der Waals surface area (Å²) < 4.78 is 23.1. The van der Waals surface area contributed by atoms with Gasteiger partial charge in [-0.3, -0.25) is 9.36 Å². The maximum atomic E-state index is 14.3. The Balaban J connectivity index is 1.57. The van der Waals surface area contributed by atoms with Gasteiger partial charge < -0.3 is 4.74 Å². The highest BCUT2D eigenvalue weighted by Gasteiger charge is 2.32. The topological polar surface area (TPSA) is 43.6 Å². The second-order valence-electron chi connectivity index (χ2n) is 8.79. The highest BCUT2D eigenvalue weighted by Crippen LogP contribution is 2.41. The zero-order chi connectivity index (χ0) is 24.8. The number of nitrogens with zero attached hydrogens (tertiary/aromatic N) is 2. The van der Waals surface area contributed by atoms with Gasteiger partial charge in [0.1, 0.15) is 11.6 Å². The molecule has 0 saturated carbocycles. The summed E-state index contributed by atoms with van der Waals surface area (Å²) in [6.07, 6.45) is 3.51. The molecule has 36 heavy (non-hydrogen) atoms. The molecule has 2 aliphatic rings. The Kier molecular flexibility index (Phi) is 5.97. The third-order valence-electron chi connectivity index (χ3n) is 6.59. The van der Waals surface area contributed by atoms with E-state index in [1.165, 1.54) is 29.0 Å². The predicted octanol–water partition coefficient (Wildman–Crippen LogP) is 5.62. The van der Waals surface area contributed by atoms with Crippen LogP contribution in [0.4, 0.5) is 4.39 Å². The molecule has 0 saturated heterocycles. The van der Waals surface area contributed by atoms with Crippen LogP contribution in [0.3, 0.4) is 0 Å². The molecule has 1 unspecified atom stereocenters. The molecule has 1 atom stereocenters. The standard InChI is InChI=1S/C29H22BrFN2O2S/c1-2-35-24-13-10-17(14-23(24)30)15-25-28(34)33-27(19-7-5-8-20(31)16-19)22-12-11-18-6-3-4-9-21(18)26(22)32-29(33)36-25/h3-10,13-16,27H,2,11-12H2,1H3. The van der Waals surface area contributed by atoms with Crippen molar-refractivity contribution in [2.45, 2.75) is 25.8 Å². The molecule has 4 nitrogen and oxygen atoms in total. The van der Waals surface area contributed by atoms with Crippen LogP contribution >= 0.6 is 27.3 Å². The number of hydrogen-bond acceptors (Lipinski definition) is 4. The number of benzene rings is 3. The van der Waals surface area contributed by atoms with Crippen LogP contribution in [0.15, 0.2) is 86.6 Å². The fourth-order valence-electron chi connectivity index (χ4n) is 5.03. The van der Waals surface area contributed by atoms with Gasteiger partial charge >= 0.3 is 0 Å². The number of aryl methyl sites for hydroxylation is 1. The first-order chi connectivity index (χ1) is 17.5. The van der Waals surface area contributed by atoms with Crippen molar-refractivity contribution in [3.63, 3.8) is 0 Å². The van der Waals surface area contributed by atoms with Crippen LogP contribution in [0.25, 0.3) is 11.8 Å². The van der Waals surface area contributed by atoms with E-state index in [2.05, 4.69) is 28.1 Å². The van der Waals surface area contributed by atoms with E-state index in [-0.39, 0.29) is 11.4 Å². The van der Waals surface area contributed by atoms with Gasteiger partial charge in [0.05, 0.1) is 27.4 Å². The van der Waals surface area contributed by atoms with Gasteiger partial charge in [0.15, 0.2) is 4.80 Å². The summed E-state index contributed by atoms with van der Waals surface area (Å²) in [5, 5.41) is 0. The lowest BCUT2D eigenvalue weighted by atomic mass is 9.83. The summed E-state index contributed by atoms with van der Waals surface area (Å²) in [5.74, 6) is 0.442. The van der Waals surface area contributed by atoms with Crippen molar-refractivity contribution in [1.82, 2.24) is 4.57 Å². The maximum Gasteiger partial charge on any atom is 0.271 e. The van der Waals surface area contributed by atoms with Crippen molar-refractivity contribution < 1.29 is 9.13 Å². The van der Waals surface area contributed by atoms with Crippen molar-refractivity contribution in [1.29, 1.82) is 0 Å². The summed E-state index contributed by atoms with van der Waals surface area (Å²) in [6, 6.07) is 20.2. The zero-order valence-corrected chi connectivity index (χ0v) is 21.9. The van der Waals surface area contributed by atoms with Crippen LogP contribution in [0.1, 0.15) is 41.6 Å². The number of allylic oxidation sites excluding steroid dienone is 1. The summed E-state index contributed by atoms with van der Waals surface area (Å²) in [4.78, 5) is 19.4. The van der Waals surface area contributed by atoms with Crippen LogP contribution < -0.4 is 19.6 Å². The molecular weight excluding hydrogens is 539 g/mol. The molecule has 0 radical (unpaired) electrons. The van der Waals surface area contributed by atoms with Crippen LogP contribution in [0, 0.1) is 5.82 Å². The first-order valence-corrected chi connectivity index (χ1v) is 13.5. The molecule has 1 aliphatic heterocycles. The second kappa shape index (κ2) is 9.30. The number of rotatable bonds is 4. The van der Waals surface area contributed by atoms with Crippen LogP contribution in [0.5, 0.6) is 5.75 Å². The number of hydrogen-bond donors (Lipinski definition) is 0. The molecule has 1 aliphatic carbocycles. The molecule has 0 N–H and O–H groups in total. The summed E-state index contributed by atoms with van der Waals surface area (Å²) in [5.41, 5.74) is 5.82. The van der Waals surface area contributed by atoms with Crippen molar-refractivity contribution >= 4 is 39.0 Å². The molecule has 0 amide bonds. The average Bonchev–Trinajstić information content (AvgIpc) is 3.18. The lowest BCUT2D eigenvalue weighted by Gasteiger charge is -2.30. The van der Waals surface area contributed by atoms with Crippen molar-refractivity contribution in [3.05, 3.63) is 125 Å². The molecule has 3 aromatic carbocycles. The van der Waals surface area contributed by atoms with E-state index in [1.807, 2.05) is 49.4 Å². The van der Waals surface area contributed by atoms with Gasteiger partial charge in [0.2, 0.25) is 0 Å². The van der Waals surface area contributed by atoms with Gasteiger partial charge in [-0.15, -0.1) is 0 Å². The normalized spacial score (nSPS) is 16.8. The van der Waals surface area contributed by atoms with Gasteiger partial charge in [-0.1, -0.05) is 53.8 Å². The third-order valence-corrected chi connectivity index (χ3v) is 8.19. The number of halogens is 2. The van der Waals surface area contributed by atoms with Crippen molar-refractivity contribution in [3.8, 4) is 5.75 Å². The fourth-order valence-corrected chi connectivity index (χ4v) is 6.54. The van der Waals surface area contributed by atoms with Gasteiger partial charge in [-0.05, 0) is 88.3 Å². The summed E-state index contributed by atoms with van der Waals surface area (Å²) in [6.45, 7) is 2.51. The molecule has 1 aromatic heterocycles. The Morgan fingerprint density at radius 1 is 1.14 bits per heavy atom. The van der Waals surface area contributed by atoms with Gasteiger partial charge in [0, 0.05) is 5.56 Å². The Hall–Kier alpha value is -3.29. The minimum Gasteiger partial charge on any atom is -0.493 e. The Bertz CT molecular complexity index is 1720. The minimum absolute atomic E-state index is 0.122. The molecule has 180 valence electrons. The number of aromatic nitrogens is 1. The molecular formula is C29H22BrFN2O2S. The predicted molar refractivity (Wildman–Crippen MR) is 144 cm³/mol. The van der Waals surface area contributed by atoms with Crippen LogP contribution in [-0.2, 0) is 6.42 Å². The Morgan fingerprint density at radius 3 is 2.81 bits per heavy atom. The number of thiazole rings is 1. The van der Waals surface area contributed by atoms with E-state index in [0.29, 0.717) is 15.9 Å². The average molecular weight is 561 g/mol. The van der Waals surface area contributed by atoms with E-state index in [0.717, 1.165) is 51.0 Å². The maximum absolute atomic E-state index is 14.3. The zero-order valence-electron chi connectivity index (χ0n) is 19.5. The van der Waals surface area contributed by atoms with E-state index >= 15 is 0 Å². The monoisotopic (exact) mass is 560 g/mol. The van der Waals surface area contributed by atoms with E-state index in [9.17, 15) is 9.18 Å². The molecule has 0 spiro atoms. The highest BCUT2D eigenvalue weighted by molar-refractivity contribution is 9.10. The smallest absolute Gasteiger partial charge is 0.271 e. The van der Waals surface area contributed by atoms with Crippen molar-refractivity contribution in [2.24, 2.45) is 4.99 Å². The quantitative estimate of drug-likeness (QED) is 0.325. The first kappa shape index (κ1) is 23.1. The second-order valence-corrected chi connectivity index (χ2v) is 10.7. The number of ether oxygens (including phenoxy) is 1. The van der Waals surface area contributed by atoms with E-state index < -0.39 is 6.04 Å². The largest absolute Gasteiger partial charge is 0.493 e. The molecule has 6 rings (SSSR count). The van der Waals surface area contributed by atoms with E-state index in [4.69, 9.17) is 9.73 Å². The molecule has 0 bridgehead atoms. The Morgan fingerprint density at radius 2 is 2.00 bits per heavy atom.